The average molecular weight is 393 g/mol. The minimum atomic E-state index is -1.25. The molecule has 7 nitrogen and oxygen atoms in total. The van der Waals surface area contributed by atoms with E-state index >= 15 is 0 Å². The van der Waals surface area contributed by atoms with Gasteiger partial charge in [0.2, 0.25) is 0 Å². The van der Waals surface area contributed by atoms with Crippen LogP contribution >= 0.6 is 0 Å². The van der Waals surface area contributed by atoms with Gasteiger partial charge in [-0.3, -0.25) is 10.1 Å². The Balaban J connectivity index is 1.58. The molecule has 2 N–H and O–H groups in total. The maximum absolute atomic E-state index is 13.5. The largest absolute Gasteiger partial charge is 0.478 e. The van der Waals surface area contributed by atoms with Crippen molar-refractivity contribution in [3.05, 3.63) is 93.3 Å². The number of rotatable bonds is 5. The zero-order valence-corrected chi connectivity index (χ0v) is 15.1. The number of fused-ring (bicyclic) bond motifs is 1. The summed E-state index contributed by atoms with van der Waals surface area (Å²) >= 11 is 0. The van der Waals surface area contributed by atoms with Gasteiger partial charge in [0, 0.05) is 36.6 Å². The highest BCUT2D eigenvalue weighted by molar-refractivity contribution is 5.96. The van der Waals surface area contributed by atoms with E-state index in [4.69, 9.17) is 0 Å². The van der Waals surface area contributed by atoms with Crippen LogP contribution in [0.1, 0.15) is 21.5 Å². The van der Waals surface area contributed by atoms with Crippen molar-refractivity contribution in [1.82, 2.24) is 0 Å². The molecule has 4 rings (SSSR count). The molecule has 8 heteroatoms. The molecule has 0 amide bonds. The van der Waals surface area contributed by atoms with Crippen molar-refractivity contribution < 1.29 is 19.2 Å². The number of nitrogens with zero attached hydrogens (tertiary/aromatic N) is 2. The molecule has 0 fully saturated rings. The van der Waals surface area contributed by atoms with Gasteiger partial charge in [0.15, 0.2) is 0 Å². The highest BCUT2D eigenvalue weighted by Crippen LogP contribution is 2.32. The van der Waals surface area contributed by atoms with Crippen LogP contribution in [0.15, 0.2) is 60.7 Å². The quantitative estimate of drug-likeness (QED) is 0.482. The van der Waals surface area contributed by atoms with E-state index in [1.54, 1.807) is 6.07 Å². The number of carboxylic acids is 1. The molecular formula is C21H16FN3O4. The number of anilines is 3. The normalized spacial score (nSPS) is 12.5. The van der Waals surface area contributed by atoms with E-state index in [9.17, 15) is 24.4 Å². The summed E-state index contributed by atoms with van der Waals surface area (Å²) in [5, 5.41) is 23.3. The molecule has 0 saturated carbocycles. The standard InChI is InChI=1S/C21H16FN3O4/c22-15-2-1-3-17(9-15)24-11-13-4-5-16(8-14(13)12-24)23-20-7-6-18(25(28)29)10-19(20)21(26)27/h1-10,23H,11-12H2,(H,26,27). The molecule has 0 unspecified atom stereocenters. The first kappa shape index (κ1) is 18.4. The summed E-state index contributed by atoms with van der Waals surface area (Å²) in [4.78, 5) is 23.8. The van der Waals surface area contributed by atoms with Crippen molar-refractivity contribution >= 4 is 28.7 Å². The van der Waals surface area contributed by atoms with Gasteiger partial charge in [0.1, 0.15) is 5.82 Å². The van der Waals surface area contributed by atoms with Crippen LogP contribution in [-0.4, -0.2) is 16.0 Å². The lowest BCUT2D eigenvalue weighted by molar-refractivity contribution is -0.384. The highest BCUT2D eigenvalue weighted by Gasteiger charge is 2.21. The first-order valence-electron chi connectivity index (χ1n) is 8.82. The number of hydrogen-bond acceptors (Lipinski definition) is 5. The molecule has 1 aliphatic rings. The van der Waals surface area contributed by atoms with Crippen LogP contribution in [-0.2, 0) is 13.1 Å². The summed E-state index contributed by atoms with van der Waals surface area (Å²) in [6.07, 6.45) is 0. The second-order valence-corrected chi connectivity index (χ2v) is 6.74. The predicted octanol–water partition coefficient (Wildman–Crippen LogP) is 4.70. The molecule has 1 aliphatic heterocycles. The fourth-order valence-corrected chi connectivity index (χ4v) is 3.41. The first-order valence-corrected chi connectivity index (χ1v) is 8.82. The third kappa shape index (κ3) is 3.73. The van der Waals surface area contributed by atoms with Gasteiger partial charge >= 0.3 is 5.97 Å². The minimum Gasteiger partial charge on any atom is -0.478 e. The lowest BCUT2D eigenvalue weighted by atomic mass is 10.1. The monoisotopic (exact) mass is 393 g/mol. The number of hydrogen-bond donors (Lipinski definition) is 2. The summed E-state index contributed by atoms with van der Waals surface area (Å²) in [7, 11) is 0. The first-order chi connectivity index (χ1) is 13.9. The Kier molecular flexibility index (Phi) is 4.59. The molecule has 0 radical (unpaired) electrons. The number of nitro groups is 1. The molecule has 146 valence electrons. The van der Waals surface area contributed by atoms with Gasteiger partial charge in [-0.1, -0.05) is 12.1 Å². The smallest absolute Gasteiger partial charge is 0.338 e. The molecule has 3 aromatic carbocycles. The number of nitro benzene ring substituents is 1. The summed E-state index contributed by atoms with van der Waals surface area (Å²) in [5.74, 6) is -1.55. The van der Waals surface area contributed by atoms with Crippen LogP contribution in [0.25, 0.3) is 0 Å². The van der Waals surface area contributed by atoms with Gasteiger partial charge in [0.25, 0.3) is 5.69 Å². The van der Waals surface area contributed by atoms with Gasteiger partial charge in [-0.05, 0) is 47.5 Å². The van der Waals surface area contributed by atoms with E-state index in [1.165, 1.54) is 24.3 Å². The SMILES string of the molecule is O=C(O)c1cc([N+](=O)[O-])ccc1Nc1ccc2c(c1)CN(c1cccc(F)c1)C2. The Morgan fingerprint density at radius 1 is 1.07 bits per heavy atom. The molecule has 0 bridgehead atoms. The van der Waals surface area contributed by atoms with Crippen molar-refractivity contribution in [2.45, 2.75) is 13.1 Å². The number of benzene rings is 3. The van der Waals surface area contributed by atoms with Crippen LogP contribution in [0.4, 0.5) is 27.1 Å². The van der Waals surface area contributed by atoms with Crippen molar-refractivity contribution in [3.63, 3.8) is 0 Å². The second kappa shape index (κ2) is 7.23. The number of halogens is 1. The fraction of sp³-hybridized carbons (Fsp3) is 0.0952. The zero-order valence-electron chi connectivity index (χ0n) is 15.1. The molecule has 1 heterocycles. The third-order valence-corrected chi connectivity index (χ3v) is 4.83. The maximum atomic E-state index is 13.5. The van der Waals surface area contributed by atoms with E-state index < -0.39 is 10.9 Å². The highest BCUT2D eigenvalue weighted by atomic mass is 19.1. The van der Waals surface area contributed by atoms with E-state index in [0.717, 1.165) is 22.9 Å². The number of carbonyl (C=O) groups is 1. The number of nitrogens with one attached hydrogen (secondary N) is 1. The van der Waals surface area contributed by atoms with Gasteiger partial charge < -0.3 is 15.3 Å². The van der Waals surface area contributed by atoms with Crippen LogP contribution in [0, 0.1) is 15.9 Å². The van der Waals surface area contributed by atoms with E-state index in [2.05, 4.69) is 5.32 Å². The Morgan fingerprint density at radius 2 is 1.86 bits per heavy atom. The molecular weight excluding hydrogens is 377 g/mol. The van der Waals surface area contributed by atoms with E-state index in [0.29, 0.717) is 18.8 Å². The van der Waals surface area contributed by atoms with Crippen LogP contribution < -0.4 is 10.2 Å². The van der Waals surface area contributed by atoms with Gasteiger partial charge in [-0.2, -0.15) is 0 Å². The average Bonchev–Trinajstić information content (AvgIpc) is 3.11. The van der Waals surface area contributed by atoms with Crippen molar-refractivity contribution in [2.24, 2.45) is 0 Å². The third-order valence-electron chi connectivity index (χ3n) is 4.83. The Morgan fingerprint density at radius 3 is 2.59 bits per heavy atom. The molecule has 3 aromatic rings. The maximum Gasteiger partial charge on any atom is 0.338 e. The minimum absolute atomic E-state index is 0.180. The summed E-state index contributed by atoms with van der Waals surface area (Å²) < 4.78 is 13.5. The second-order valence-electron chi connectivity index (χ2n) is 6.74. The van der Waals surface area contributed by atoms with Crippen molar-refractivity contribution in [2.75, 3.05) is 10.2 Å². The van der Waals surface area contributed by atoms with Gasteiger partial charge in [-0.25, -0.2) is 9.18 Å². The van der Waals surface area contributed by atoms with E-state index in [1.807, 2.05) is 29.2 Å². The van der Waals surface area contributed by atoms with Gasteiger partial charge in [0.05, 0.1) is 16.2 Å². The van der Waals surface area contributed by atoms with E-state index in [-0.39, 0.29) is 22.8 Å². The Bertz CT molecular complexity index is 1130. The lowest BCUT2D eigenvalue weighted by Gasteiger charge is -2.17. The summed E-state index contributed by atoms with van der Waals surface area (Å²) in [6, 6.07) is 15.7. The number of aromatic carboxylic acids is 1. The molecule has 0 spiro atoms. The summed E-state index contributed by atoms with van der Waals surface area (Å²) in [6.45, 7) is 1.25. The van der Waals surface area contributed by atoms with Crippen LogP contribution in [0.5, 0.6) is 0 Å². The Labute approximate surface area is 165 Å². The zero-order chi connectivity index (χ0) is 20.5. The summed E-state index contributed by atoms with van der Waals surface area (Å²) in [5.41, 5.74) is 3.40. The molecule has 0 atom stereocenters. The molecule has 0 aromatic heterocycles. The molecule has 29 heavy (non-hydrogen) atoms. The van der Waals surface area contributed by atoms with Crippen LogP contribution in [0.2, 0.25) is 0 Å². The topological polar surface area (TPSA) is 95.7 Å². The molecule has 0 saturated heterocycles. The lowest BCUT2D eigenvalue weighted by Crippen LogP contribution is -2.14. The predicted molar refractivity (Wildman–Crippen MR) is 106 cm³/mol. The number of non-ortho nitro benzene ring substituents is 1. The van der Waals surface area contributed by atoms with Crippen LogP contribution in [0.3, 0.4) is 0 Å². The molecule has 0 aliphatic carbocycles. The Hall–Kier alpha value is -3.94. The number of carboxylic acid groups (broad SMARTS) is 1. The van der Waals surface area contributed by atoms with Crippen molar-refractivity contribution in [3.8, 4) is 0 Å². The fourth-order valence-electron chi connectivity index (χ4n) is 3.41. The van der Waals surface area contributed by atoms with Crippen molar-refractivity contribution in [1.29, 1.82) is 0 Å². The van der Waals surface area contributed by atoms with Gasteiger partial charge in [-0.15, -0.1) is 0 Å².